The van der Waals surface area contributed by atoms with Gasteiger partial charge in [0.1, 0.15) is 5.60 Å². The van der Waals surface area contributed by atoms with Gasteiger partial charge in [0.25, 0.3) is 0 Å². The molecule has 2 heteroatoms. The van der Waals surface area contributed by atoms with Crippen LogP contribution in [-0.2, 0) is 9.53 Å². The van der Waals surface area contributed by atoms with Crippen LogP contribution in [0, 0.1) is 40.4 Å². The molecule has 4 aliphatic carbocycles. The predicted octanol–water partition coefficient (Wildman–Crippen LogP) is 8.50. The molecular formula is C36H44O2. The third-order valence-electron chi connectivity index (χ3n) is 12.5. The minimum atomic E-state index is -0.479. The van der Waals surface area contributed by atoms with E-state index in [0.717, 1.165) is 19.3 Å². The van der Waals surface area contributed by atoms with Gasteiger partial charge >= 0.3 is 0 Å². The Kier molecular flexibility index (Phi) is 5.82. The van der Waals surface area contributed by atoms with Crippen LogP contribution in [0.3, 0.4) is 0 Å². The van der Waals surface area contributed by atoms with Gasteiger partial charge in [-0.25, -0.2) is 0 Å². The summed E-state index contributed by atoms with van der Waals surface area (Å²) in [5, 5.41) is 0. The van der Waals surface area contributed by atoms with E-state index in [2.05, 4.69) is 87.5 Å². The van der Waals surface area contributed by atoms with Gasteiger partial charge in [0.05, 0.1) is 6.10 Å². The Bertz CT molecular complexity index is 1190. The molecule has 9 atom stereocenters. The fourth-order valence-corrected chi connectivity index (χ4v) is 10.7. The first-order chi connectivity index (χ1) is 18.4. The molecule has 0 aromatic heterocycles. The highest BCUT2D eigenvalue weighted by Gasteiger charge is 2.74. The van der Waals surface area contributed by atoms with Crippen LogP contribution in [0.15, 0.2) is 66.7 Å². The number of carbonyl (C=O) groups excluding carboxylic acids is 1. The fourth-order valence-electron chi connectivity index (χ4n) is 10.7. The first-order valence-electron chi connectivity index (χ1n) is 15.4. The Morgan fingerprint density at radius 2 is 1.58 bits per heavy atom. The average molecular weight is 509 g/mol. The number of hydrogen-bond donors (Lipinski definition) is 0. The minimum absolute atomic E-state index is 0.0653. The molecule has 2 aromatic rings. The summed E-state index contributed by atoms with van der Waals surface area (Å²) >= 11 is 0. The van der Waals surface area contributed by atoms with Gasteiger partial charge in [-0.3, -0.25) is 4.79 Å². The van der Waals surface area contributed by atoms with Crippen LogP contribution in [-0.4, -0.2) is 17.5 Å². The van der Waals surface area contributed by atoms with E-state index < -0.39 is 5.60 Å². The van der Waals surface area contributed by atoms with Gasteiger partial charge in [-0.05, 0) is 103 Å². The first kappa shape index (κ1) is 24.8. The van der Waals surface area contributed by atoms with Crippen molar-refractivity contribution in [3.05, 3.63) is 77.9 Å². The molecule has 0 amide bonds. The van der Waals surface area contributed by atoms with E-state index >= 15 is 0 Å². The smallest absolute Gasteiger partial charge is 0.166 e. The van der Waals surface area contributed by atoms with E-state index in [-0.39, 0.29) is 10.8 Å². The van der Waals surface area contributed by atoms with E-state index in [0.29, 0.717) is 41.5 Å². The van der Waals surface area contributed by atoms with Gasteiger partial charge in [0.2, 0.25) is 0 Å². The van der Waals surface area contributed by atoms with Gasteiger partial charge in [-0.2, -0.15) is 0 Å². The molecule has 6 unspecified atom stereocenters. The lowest BCUT2D eigenvalue weighted by Gasteiger charge is -2.70. The van der Waals surface area contributed by atoms with Crippen molar-refractivity contribution in [2.75, 3.05) is 0 Å². The number of fused-ring (bicyclic) bond motifs is 3. The number of rotatable bonds is 5. The molecule has 6 aliphatic rings. The molecule has 1 spiro atoms. The maximum atomic E-state index is 14.4. The van der Waals surface area contributed by atoms with E-state index in [4.69, 9.17) is 4.74 Å². The van der Waals surface area contributed by atoms with Crippen LogP contribution in [0.25, 0.3) is 5.57 Å². The van der Waals surface area contributed by atoms with Crippen molar-refractivity contribution in [1.82, 2.24) is 0 Å². The lowest BCUT2D eigenvalue weighted by molar-refractivity contribution is -0.307. The number of ketones is 1. The van der Waals surface area contributed by atoms with Crippen molar-refractivity contribution < 1.29 is 9.53 Å². The van der Waals surface area contributed by atoms with Crippen LogP contribution < -0.4 is 0 Å². The molecule has 0 N–H and O–H groups in total. The van der Waals surface area contributed by atoms with E-state index in [1.165, 1.54) is 55.2 Å². The van der Waals surface area contributed by atoms with Crippen molar-refractivity contribution in [3.63, 3.8) is 0 Å². The zero-order valence-corrected chi connectivity index (χ0v) is 23.5. The number of allylic oxidation sites excluding steroid dienone is 1. The zero-order valence-electron chi connectivity index (χ0n) is 23.5. The van der Waals surface area contributed by atoms with Crippen LogP contribution in [0.1, 0.15) is 89.7 Å². The summed E-state index contributed by atoms with van der Waals surface area (Å²) in [6.45, 7) is 7.38. The Morgan fingerprint density at radius 3 is 2.26 bits per heavy atom. The van der Waals surface area contributed by atoms with Crippen molar-refractivity contribution in [1.29, 1.82) is 0 Å². The highest BCUT2D eigenvalue weighted by Crippen LogP contribution is 2.72. The number of Topliss-reactive ketones (excluding diaryl/α,β-unsaturated/α-hetero) is 1. The van der Waals surface area contributed by atoms with Gasteiger partial charge in [-0.15, -0.1) is 0 Å². The van der Waals surface area contributed by atoms with Crippen molar-refractivity contribution in [2.45, 2.75) is 90.3 Å². The van der Waals surface area contributed by atoms with Crippen molar-refractivity contribution in [2.24, 2.45) is 40.4 Å². The van der Waals surface area contributed by atoms with Crippen molar-refractivity contribution >= 4 is 11.4 Å². The largest absolute Gasteiger partial charge is 0.363 e. The highest BCUT2D eigenvalue weighted by atomic mass is 16.5. The Morgan fingerprint density at radius 1 is 0.921 bits per heavy atom. The molecule has 38 heavy (non-hydrogen) atoms. The lowest BCUT2D eigenvalue weighted by atomic mass is 9.40. The first-order valence-corrected chi connectivity index (χ1v) is 15.4. The molecule has 200 valence electrons. The standard InChI is InChI=1S/C36H44O2/c1-24(14-16-29(25-10-6-4-7-11-25)26-12-8-5-9-13-26)30-18-19-31-32-17-15-27-22-28-20-21-35(27,3)36(32,38-28)33(37)23-34(30,31)2/h4-13,16,24,27-28,30-32H,14-15,17-23H2,1-3H3/t24?,27?,28?,30?,31?,32?,34-,35+,36+/m1/s1. The molecule has 8 rings (SSSR count). The van der Waals surface area contributed by atoms with Gasteiger partial charge in [-0.1, -0.05) is 87.5 Å². The molecular weight excluding hydrogens is 464 g/mol. The zero-order chi connectivity index (χ0) is 26.1. The van der Waals surface area contributed by atoms with Gasteiger partial charge < -0.3 is 4.74 Å². The van der Waals surface area contributed by atoms with E-state index in [9.17, 15) is 4.79 Å². The van der Waals surface area contributed by atoms with E-state index in [1.807, 2.05) is 0 Å². The molecule has 4 saturated carbocycles. The molecule has 6 fully saturated rings. The summed E-state index contributed by atoms with van der Waals surface area (Å²) in [7, 11) is 0. The Hall–Kier alpha value is -2.19. The molecule has 4 bridgehead atoms. The molecule has 2 heterocycles. The van der Waals surface area contributed by atoms with Gasteiger partial charge in [0, 0.05) is 11.8 Å². The Labute approximate surface area is 229 Å². The maximum Gasteiger partial charge on any atom is 0.166 e. The molecule has 2 aliphatic heterocycles. The van der Waals surface area contributed by atoms with Crippen molar-refractivity contribution in [3.8, 4) is 0 Å². The molecule has 0 radical (unpaired) electrons. The summed E-state index contributed by atoms with van der Waals surface area (Å²) in [4.78, 5) is 14.4. The second-order valence-electron chi connectivity index (χ2n) is 14.0. The normalized spacial score (nSPS) is 41.8. The fraction of sp³-hybridized carbons (Fsp3) is 0.583. The van der Waals surface area contributed by atoms with Crippen LogP contribution in [0.2, 0.25) is 0 Å². The SMILES string of the molecule is CC(CC=C(c1ccccc1)c1ccccc1)C1CCC2C3CCC4CC5CC[C@]4(C)[C@@]3(O5)C(=O)C[C@]12C. The van der Waals surface area contributed by atoms with Gasteiger partial charge in [0.15, 0.2) is 5.78 Å². The third-order valence-corrected chi connectivity index (χ3v) is 12.5. The maximum absolute atomic E-state index is 14.4. The average Bonchev–Trinajstić information content (AvgIpc) is 3.26. The third kappa shape index (κ3) is 3.38. The van der Waals surface area contributed by atoms with E-state index in [1.54, 1.807) is 0 Å². The van der Waals surface area contributed by atoms with Crippen LogP contribution >= 0.6 is 0 Å². The van der Waals surface area contributed by atoms with Crippen LogP contribution in [0.5, 0.6) is 0 Å². The predicted molar refractivity (Wildman–Crippen MR) is 153 cm³/mol. The summed E-state index contributed by atoms with van der Waals surface area (Å²) in [5.74, 6) is 3.34. The lowest BCUT2D eigenvalue weighted by Crippen LogP contribution is -2.75. The number of hydrogen-bond acceptors (Lipinski definition) is 2. The number of carbonyl (C=O) groups is 1. The highest BCUT2D eigenvalue weighted by molar-refractivity contribution is 5.91. The summed E-state index contributed by atoms with van der Waals surface area (Å²) < 4.78 is 6.93. The topological polar surface area (TPSA) is 26.3 Å². The van der Waals surface area contributed by atoms with Crippen LogP contribution in [0.4, 0.5) is 0 Å². The summed E-state index contributed by atoms with van der Waals surface area (Å²) in [6.07, 6.45) is 13.2. The molecule has 2 aromatic carbocycles. The molecule has 2 saturated heterocycles. The quantitative estimate of drug-likeness (QED) is 0.405. The number of benzene rings is 2. The number of ether oxygens (including phenoxy) is 1. The second kappa shape index (κ2) is 8.91. The monoisotopic (exact) mass is 508 g/mol. The summed E-state index contributed by atoms with van der Waals surface area (Å²) in [5.41, 5.74) is 3.58. The minimum Gasteiger partial charge on any atom is -0.363 e. The Balaban J connectivity index is 1.17. The molecule has 2 nitrogen and oxygen atoms in total. The summed E-state index contributed by atoms with van der Waals surface area (Å²) in [6, 6.07) is 21.6. The second-order valence-corrected chi connectivity index (χ2v) is 14.0.